The number of hydroxylamine groups is 1. The zero-order valence-corrected chi connectivity index (χ0v) is 17.8. The third kappa shape index (κ3) is 5.04. The van der Waals surface area contributed by atoms with Crippen LogP contribution in [0.3, 0.4) is 0 Å². The van der Waals surface area contributed by atoms with Gasteiger partial charge in [0.25, 0.3) is 0 Å². The molecule has 5 N–H and O–H groups in total. The molecule has 0 atom stereocenters. The van der Waals surface area contributed by atoms with Gasteiger partial charge in [0, 0.05) is 12.6 Å². The van der Waals surface area contributed by atoms with Crippen molar-refractivity contribution in [3.63, 3.8) is 0 Å². The summed E-state index contributed by atoms with van der Waals surface area (Å²) >= 11 is 3.06. The van der Waals surface area contributed by atoms with Gasteiger partial charge in [0.15, 0.2) is 11.5 Å². The summed E-state index contributed by atoms with van der Waals surface area (Å²) < 4.78 is 18.3. The molecule has 1 fully saturated rings. The van der Waals surface area contributed by atoms with Gasteiger partial charge < -0.3 is 20.6 Å². The van der Waals surface area contributed by atoms with E-state index in [1.54, 1.807) is 0 Å². The molecule has 1 aliphatic heterocycles. The Bertz CT molecular complexity index is 946. The van der Waals surface area contributed by atoms with Gasteiger partial charge in [-0.15, -0.1) is 0 Å². The summed E-state index contributed by atoms with van der Waals surface area (Å²) in [7, 11) is 0. The second-order valence-corrected chi connectivity index (χ2v) is 8.02. The molecule has 1 aliphatic rings. The number of hydrogen-bond donors (Lipinski definition) is 5. The van der Waals surface area contributed by atoms with E-state index in [0.29, 0.717) is 5.69 Å². The van der Waals surface area contributed by atoms with E-state index in [1.807, 2.05) is 19.3 Å². The standard InChI is InChI=1S/C17H21BrFN7O4/c1-9(2)21-16(27)26-7-17(28,8-26)6-20-14-13(24-30-25-14)15(23-29)22-10-3-4-12(19)11(18)5-10/h3-5,9,28-29H,6-8H2,1-2H3,(H,20,25)(H,21,27)(H,22,23). The maximum atomic E-state index is 13.4. The van der Waals surface area contributed by atoms with Crippen LogP contribution in [0.4, 0.5) is 20.7 Å². The molecule has 0 radical (unpaired) electrons. The molecule has 0 saturated carbocycles. The molecule has 162 valence electrons. The lowest BCUT2D eigenvalue weighted by atomic mass is 9.94. The van der Waals surface area contributed by atoms with Gasteiger partial charge in [0.1, 0.15) is 11.4 Å². The number of amides is 2. The predicted molar refractivity (Wildman–Crippen MR) is 108 cm³/mol. The number of benzene rings is 1. The topological polar surface area (TPSA) is 148 Å². The average Bonchev–Trinajstić information content (AvgIpc) is 3.13. The van der Waals surface area contributed by atoms with Gasteiger partial charge in [-0.2, -0.15) is 0 Å². The number of hydrogen-bond acceptors (Lipinski definition) is 8. The van der Waals surface area contributed by atoms with Crippen molar-refractivity contribution in [2.45, 2.75) is 25.5 Å². The Morgan fingerprint density at radius 2 is 2.17 bits per heavy atom. The van der Waals surface area contributed by atoms with Crippen LogP contribution >= 0.6 is 15.9 Å². The molecule has 11 nitrogen and oxygen atoms in total. The first-order valence-corrected chi connectivity index (χ1v) is 9.78. The van der Waals surface area contributed by atoms with Crippen molar-refractivity contribution in [1.29, 1.82) is 0 Å². The number of urea groups is 1. The van der Waals surface area contributed by atoms with Crippen molar-refractivity contribution in [2.24, 2.45) is 4.99 Å². The van der Waals surface area contributed by atoms with Crippen molar-refractivity contribution in [3.05, 3.63) is 34.2 Å². The summed E-state index contributed by atoms with van der Waals surface area (Å²) in [6.07, 6.45) is 0. The summed E-state index contributed by atoms with van der Waals surface area (Å²) in [6.45, 7) is 4.04. The molecule has 2 aromatic rings. The highest BCUT2D eigenvalue weighted by atomic mass is 79.9. The van der Waals surface area contributed by atoms with Crippen LogP contribution in [0.1, 0.15) is 19.5 Å². The molecule has 2 amide bonds. The smallest absolute Gasteiger partial charge is 0.317 e. The van der Waals surface area contributed by atoms with Gasteiger partial charge in [-0.25, -0.2) is 18.8 Å². The summed E-state index contributed by atoms with van der Waals surface area (Å²) in [5, 5.41) is 33.0. The van der Waals surface area contributed by atoms with Crippen molar-refractivity contribution in [3.8, 4) is 0 Å². The van der Waals surface area contributed by atoms with Crippen LogP contribution in [0.25, 0.3) is 0 Å². The molecule has 3 rings (SSSR count). The Labute approximate surface area is 179 Å². The van der Waals surface area contributed by atoms with Crippen LogP contribution in [0, 0.1) is 5.82 Å². The molecule has 0 unspecified atom stereocenters. The number of carbonyl (C=O) groups is 1. The van der Waals surface area contributed by atoms with E-state index in [-0.39, 0.29) is 53.5 Å². The first kappa shape index (κ1) is 21.9. The normalized spacial score (nSPS) is 15.7. The Morgan fingerprint density at radius 1 is 1.43 bits per heavy atom. The number of aromatic nitrogens is 2. The van der Waals surface area contributed by atoms with Crippen molar-refractivity contribution in [2.75, 3.05) is 25.0 Å². The Morgan fingerprint density at radius 3 is 2.80 bits per heavy atom. The largest absolute Gasteiger partial charge is 0.384 e. The van der Waals surface area contributed by atoms with Crippen molar-refractivity contribution < 1.29 is 24.1 Å². The van der Waals surface area contributed by atoms with Crippen LogP contribution in [-0.2, 0) is 0 Å². The van der Waals surface area contributed by atoms with Gasteiger partial charge in [-0.05, 0) is 58.3 Å². The minimum Gasteiger partial charge on any atom is -0.384 e. The number of rotatable bonds is 6. The van der Waals surface area contributed by atoms with E-state index >= 15 is 0 Å². The molecule has 1 aromatic heterocycles. The second kappa shape index (κ2) is 8.93. The molecule has 13 heteroatoms. The molecule has 0 spiro atoms. The molecular formula is C17H21BrFN7O4. The number of aliphatic hydroxyl groups is 1. The van der Waals surface area contributed by atoms with Gasteiger partial charge in [-0.3, -0.25) is 10.7 Å². The molecule has 30 heavy (non-hydrogen) atoms. The maximum absolute atomic E-state index is 13.4. The Kier molecular flexibility index (Phi) is 6.53. The SMILES string of the molecule is CC(C)NC(=O)N1CC(O)(CNc2nonc2C(=Nc2ccc(F)c(Br)c2)NO)C1. The van der Waals surface area contributed by atoms with E-state index < -0.39 is 11.4 Å². The first-order chi connectivity index (χ1) is 14.2. The minimum absolute atomic E-state index is 0.00139. The minimum atomic E-state index is -1.16. The summed E-state index contributed by atoms with van der Waals surface area (Å²) in [5.41, 5.74) is 1.13. The third-order valence-electron chi connectivity index (χ3n) is 4.22. The molecular weight excluding hydrogens is 465 g/mol. The molecule has 0 aliphatic carbocycles. The van der Waals surface area contributed by atoms with E-state index in [0.717, 1.165) is 0 Å². The number of anilines is 1. The zero-order valence-electron chi connectivity index (χ0n) is 16.2. The van der Waals surface area contributed by atoms with Crippen LogP contribution < -0.4 is 16.1 Å². The average molecular weight is 486 g/mol. The number of halogens is 2. The Balaban J connectivity index is 1.66. The summed E-state index contributed by atoms with van der Waals surface area (Å²) in [6, 6.07) is 3.79. The number of likely N-dealkylation sites (tertiary alicyclic amines) is 1. The fraction of sp³-hybridized carbons (Fsp3) is 0.412. The van der Waals surface area contributed by atoms with Gasteiger partial charge >= 0.3 is 6.03 Å². The number of nitrogens with one attached hydrogen (secondary N) is 3. The number of carbonyl (C=O) groups excluding carboxylic acids is 1. The van der Waals surface area contributed by atoms with Gasteiger partial charge in [0.05, 0.1) is 23.2 Å². The molecule has 1 aromatic carbocycles. The number of amidine groups is 1. The molecule has 0 bridgehead atoms. The van der Waals surface area contributed by atoms with Crippen LogP contribution in [-0.4, -0.2) is 68.7 Å². The molecule has 2 heterocycles. The van der Waals surface area contributed by atoms with Gasteiger partial charge in [0.2, 0.25) is 5.82 Å². The predicted octanol–water partition coefficient (Wildman–Crippen LogP) is 1.60. The number of β-amino-alcohol motifs (C(OH)–C–C–N with tert-alkyl or cyclic N) is 1. The zero-order chi connectivity index (χ0) is 21.9. The van der Waals surface area contributed by atoms with Gasteiger partial charge in [-0.1, -0.05) is 0 Å². The maximum Gasteiger partial charge on any atom is 0.317 e. The van der Waals surface area contributed by atoms with Crippen LogP contribution in [0.2, 0.25) is 0 Å². The third-order valence-corrected chi connectivity index (χ3v) is 4.83. The highest BCUT2D eigenvalue weighted by Gasteiger charge is 2.44. The van der Waals surface area contributed by atoms with E-state index in [4.69, 9.17) is 4.63 Å². The lowest BCUT2D eigenvalue weighted by Crippen LogP contribution is -2.68. The second-order valence-electron chi connectivity index (χ2n) is 7.17. The summed E-state index contributed by atoms with van der Waals surface area (Å²) in [4.78, 5) is 17.6. The van der Waals surface area contributed by atoms with E-state index in [1.165, 1.54) is 23.1 Å². The van der Waals surface area contributed by atoms with E-state index in [2.05, 4.69) is 41.9 Å². The lowest BCUT2D eigenvalue weighted by Gasteiger charge is -2.46. The lowest BCUT2D eigenvalue weighted by molar-refractivity contribution is -0.0652. The first-order valence-electron chi connectivity index (χ1n) is 8.99. The van der Waals surface area contributed by atoms with Crippen LogP contribution in [0.5, 0.6) is 0 Å². The van der Waals surface area contributed by atoms with Crippen LogP contribution in [0.15, 0.2) is 32.3 Å². The van der Waals surface area contributed by atoms with Crippen molar-refractivity contribution in [1.82, 2.24) is 26.0 Å². The van der Waals surface area contributed by atoms with Crippen molar-refractivity contribution >= 4 is 39.3 Å². The summed E-state index contributed by atoms with van der Waals surface area (Å²) in [5.74, 6) is -0.437. The fourth-order valence-electron chi connectivity index (χ4n) is 2.78. The number of nitrogens with zero attached hydrogens (tertiary/aromatic N) is 4. The highest BCUT2D eigenvalue weighted by molar-refractivity contribution is 9.10. The Hall–Kier alpha value is -2.77. The monoisotopic (exact) mass is 485 g/mol. The quantitative estimate of drug-likeness (QED) is 0.235. The van der Waals surface area contributed by atoms with E-state index in [9.17, 15) is 19.5 Å². The molecule has 1 saturated heterocycles. The fourth-order valence-corrected chi connectivity index (χ4v) is 3.15. The number of aliphatic imine (C=N–C) groups is 1. The highest BCUT2D eigenvalue weighted by Crippen LogP contribution is 2.24.